The van der Waals surface area contributed by atoms with Gasteiger partial charge in [0, 0.05) is 10.3 Å². The fraction of sp³-hybridized carbons (Fsp3) is 0.600. The SMILES string of the molecule is COc1ccc([C@H]2[C@H]([N+](=O)[O-])C(C)(C)C2(C)C)cc1. The maximum absolute atomic E-state index is 11.4. The minimum absolute atomic E-state index is 0.0524. The molecule has 0 saturated heterocycles. The van der Waals surface area contributed by atoms with E-state index in [4.69, 9.17) is 4.74 Å². The van der Waals surface area contributed by atoms with Gasteiger partial charge in [0.25, 0.3) is 0 Å². The van der Waals surface area contributed by atoms with Gasteiger partial charge in [-0.25, -0.2) is 0 Å². The Morgan fingerprint density at radius 2 is 1.63 bits per heavy atom. The van der Waals surface area contributed by atoms with E-state index < -0.39 is 6.04 Å². The van der Waals surface area contributed by atoms with E-state index in [-0.39, 0.29) is 21.7 Å². The molecule has 0 unspecified atom stereocenters. The number of hydrogen-bond donors (Lipinski definition) is 0. The number of benzene rings is 1. The third-order valence-electron chi connectivity index (χ3n) is 5.20. The number of hydrogen-bond acceptors (Lipinski definition) is 3. The molecule has 0 aliphatic heterocycles. The summed E-state index contributed by atoms with van der Waals surface area (Å²) in [6.07, 6.45) is 0. The highest BCUT2D eigenvalue weighted by Gasteiger charge is 2.69. The summed E-state index contributed by atoms with van der Waals surface area (Å²) in [7, 11) is 1.62. The molecule has 1 aliphatic carbocycles. The largest absolute Gasteiger partial charge is 0.497 e. The summed E-state index contributed by atoms with van der Waals surface area (Å²) < 4.78 is 5.13. The molecule has 0 N–H and O–H groups in total. The average molecular weight is 263 g/mol. The van der Waals surface area contributed by atoms with Gasteiger partial charge in [0.2, 0.25) is 6.04 Å². The van der Waals surface area contributed by atoms with E-state index in [0.717, 1.165) is 11.3 Å². The van der Waals surface area contributed by atoms with Crippen molar-refractivity contribution in [3.63, 3.8) is 0 Å². The van der Waals surface area contributed by atoms with E-state index in [2.05, 4.69) is 13.8 Å². The number of nitro groups is 1. The molecule has 1 saturated carbocycles. The van der Waals surface area contributed by atoms with Crippen LogP contribution in [0.2, 0.25) is 0 Å². The van der Waals surface area contributed by atoms with E-state index in [9.17, 15) is 10.1 Å². The fourth-order valence-corrected chi connectivity index (χ4v) is 3.29. The summed E-state index contributed by atoms with van der Waals surface area (Å²) in [6.45, 7) is 8.20. The van der Waals surface area contributed by atoms with Crippen molar-refractivity contribution in [2.45, 2.75) is 39.7 Å². The second kappa shape index (κ2) is 4.22. The molecule has 2 atom stereocenters. The van der Waals surface area contributed by atoms with E-state index in [0.29, 0.717) is 0 Å². The van der Waals surface area contributed by atoms with Crippen molar-refractivity contribution >= 4 is 0 Å². The van der Waals surface area contributed by atoms with Gasteiger partial charge in [0.1, 0.15) is 5.75 Å². The molecule has 1 aromatic carbocycles. The first-order chi connectivity index (χ1) is 8.73. The van der Waals surface area contributed by atoms with Crippen molar-refractivity contribution in [2.75, 3.05) is 7.11 Å². The van der Waals surface area contributed by atoms with Gasteiger partial charge in [-0.3, -0.25) is 10.1 Å². The Balaban J connectivity index is 2.39. The van der Waals surface area contributed by atoms with Crippen LogP contribution in [0.3, 0.4) is 0 Å². The number of methoxy groups -OCH3 is 1. The van der Waals surface area contributed by atoms with Crippen molar-refractivity contribution in [3.05, 3.63) is 39.9 Å². The van der Waals surface area contributed by atoms with Gasteiger partial charge >= 0.3 is 0 Å². The molecular formula is C15H21NO3. The molecule has 0 radical (unpaired) electrons. The van der Waals surface area contributed by atoms with Crippen LogP contribution < -0.4 is 4.74 Å². The first-order valence-corrected chi connectivity index (χ1v) is 6.51. The highest BCUT2D eigenvalue weighted by atomic mass is 16.6. The topological polar surface area (TPSA) is 52.4 Å². The Labute approximate surface area is 113 Å². The zero-order valence-corrected chi connectivity index (χ0v) is 12.1. The third kappa shape index (κ3) is 1.81. The van der Waals surface area contributed by atoms with Crippen LogP contribution >= 0.6 is 0 Å². The van der Waals surface area contributed by atoms with Crippen LogP contribution in [0.15, 0.2) is 24.3 Å². The molecule has 104 valence electrons. The first kappa shape index (κ1) is 13.8. The van der Waals surface area contributed by atoms with Crippen molar-refractivity contribution in [3.8, 4) is 5.75 Å². The monoisotopic (exact) mass is 263 g/mol. The van der Waals surface area contributed by atoms with Crippen LogP contribution in [-0.4, -0.2) is 18.1 Å². The van der Waals surface area contributed by atoms with E-state index >= 15 is 0 Å². The lowest BCUT2D eigenvalue weighted by atomic mass is 9.42. The number of rotatable bonds is 3. The molecule has 2 rings (SSSR count). The normalized spacial score (nSPS) is 27.4. The number of ether oxygens (including phenoxy) is 1. The number of nitrogens with zero attached hydrogens (tertiary/aromatic N) is 1. The molecule has 4 heteroatoms. The molecule has 1 fully saturated rings. The lowest BCUT2D eigenvalue weighted by Crippen LogP contribution is -2.64. The van der Waals surface area contributed by atoms with Crippen molar-refractivity contribution < 1.29 is 9.66 Å². The van der Waals surface area contributed by atoms with Gasteiger partial charge in [0.15, 0.2) is 0 Å². The van der Waals surface area contributed by atoms with Crippen molar-refractivity contribution in [1.82, 2.24) is 0 Å². The predicted octanol–water partition coefficient (Wildman–Crippen LogP) is 3.49. The van der Waals surface area contributed by atoms with Crippen molar-refractivity contribution in [1.29, 1.82) is 0 Å². The summed E-state index contributed by atoms with van der Waals surface area (Å²) in [5.41, 5.74) is 0.618. The predicted molar refractivity (Wildman–Crippen MR) is 74.1 cm³/mol. The van der Waals surface area contributed by atoms with Gasteiger partial charge in [0.05, 0.1) is 13.0 Å². The van der Waals surface area contributed by atoms with E-state index in [1.54, 1.807) is 7.11 Å². The molecule has 0 aromatic heterocycles. The van der Waals surface area contributed by atoms with Crippen LogP contribution in [0.4, 0.5) is 0 Å². The minimum atomic E-state index is -0.532. The lowest BCUT2D eigenvalue weighted by molar-refractivity contribution is -0.579. The summed E-state index contributed by atoms with van der Waals surface area (Å²) in [5.74, 6) is 0.723. The van der Waals surface area contributed by atoms with Gasteiger partial charge in [-0.1, -0.05) is 39.8 Å². The zero-order valence-electron chi connectivity index (χ0n) is 12.1. The Morgan fingerprint density at radius 1 is 1.11 bits per heavy atom. The molecule has 0 bridgehead atoms. The molecule has 1 aromatic rings. The molecule has 0 spiro atoms. The highest BCUT2D eigenvalue weighted by molar-refractivity contribution is 5.35. The fourth-order valence-electron chi connectivity index (χ4n) is 3.29. The van der Waals surface area contributed by atoms with Crippen LogP contribution in [0.1, 0.15) is 39.2 Å². The molecular weight excluding hydrogens is 242 g/mol. The van der Waals surface area contributed by atoms with Crippen molar-refractivity contribution in [2.24, 2.45) is 10.8 Å². The summed E-state index contributed by atoms with van der Waals surface area (Å²) >= 11 is 0. The molecule has 4 nitrogen and oxygen atoms in total. The lowest BCUT2D eigenvalue weighted by Gasteiger charge is -2.59. The minimum Gasteiger partial charge on any atom is -0.497 e. The maximum atomic E-state index is 11.4. The molecule has 19 heavy (non-hydrogen) atoms. The second-order valence-corrected chi connectivity index (χ2v) is 6.42. The quantitative estimate of drug-likeness (QED) is 0.619. The van der Waals surface area contributed by atoms with Gasteiger partial charge in [-0.15, -0.1) is 0 Å². The first-order valence-electron chi connectivity index (χ1n) is 6.51. The smallest absolute Gasteiger partial charge is 0.225 e. The average Bonchev–Trinajstić information content (AvgIpc) is 2.34. The molecule has 1 aliphatic rings. The second-order valence-electron chi connectivity index (χ2n) is 6.42. The van der Waals surface area contributed by atoms with Gasteiger partial charge < -0.3 is 4.74 Å². The Morgan fingerprint density at radius 3 is 2.05 bits per heavy atom. The van der Waals surface area contributed by atoms with Gasteiger partial charge in [-0.2, -0.15) is 0 Å². The molecule has 0 amide bonds. The summed E-state index contributed by atoms with van der Waals surface area (Å²) in [6, 6.07) is 7.09. The Hall–Kier alpha value is -1.58. The maximum Gasteiger partial charge on any atom is 0.225 e. The third-order valence-corrected chi connectivity index (χ3v) is 5.20. The highest BCUT2D eigenvalue weighted by Crippen LogP contribution is 2.65. The van der Waals surface area contributed by atoms with Crippen LogP contribution in [-0.2, 0) is 0 Å². The van der Waals surface area contributed by atoms with E-state index in [1.807, 2.05) is 38.1 Å². The van der Waals surface area contributed by atoms with Crippen LogP contribution in [0.5, 0.6) is 5.75 Å². The van der Waals surface area contributed by atoms with Crippen LogP contribution in [0, 0.1) is 20.9 Å². The summed E-state index contributed by atoms with van der Waals surface area (Å²) in [5, 5.41) is 11.4. The zero-order chi connectivity index (χ0) is 14.4. The molecule has 0 heterocycles. The Kier molecular flexibility index (Phi) is 3.07. The van der Waals surface area contributed by atoms with Crippen LogP contribution in [0.25, 0.3) is 0 Å². The van der Waals surface area contributed by atoms with Gasteiger partial charge in [-0.05, 0) is 23.1 Å². The summed E-state index contributed by atoms with van der Waals surface area (Å²) in [4.78, 5) is 11.2. The Bertz CT molecular complexity index is 491. The standard InChI is InChI=1S/C15H21NO3/c1-14(2)12(13(16(17)18)15(14,3)4)10-6-8-11(19-5)9-7-10/h6-9,12-13H,1-5H3/t12-,13-/m0/s1. The van der Waals surface area contributed by atoms with E-state index in [1.165, 1.54) is 0 Å².